The maximum absolute atomic E-state index is 6.18. The van der Waals surface area contributed by atoms with Gasteiger partial charge in [0, 0.05) is 0 Å². The van der Waals surface area contributed by atoms with E-state index < -0.39 is 0 Å². The summed E-state index contributed by atoms with van der Waals surface area (Å²) < 4.78 is 18.3. The molecule has 1 heterocycles. The molecule has 1 aromatic rings. The van der Waals surface area contributed by atoms with Crippen LogP contribution < -0.4 is 10.2 Å². The molecule has 0 unspecified atom stereocenters. The van der Waals surface area contributed by atoms with Crippen molar-refractivity contribution in [1.29, 1.82) is 0 Å². The molecule has 0 spiro atoms. The van der Waals surface area contributed by atoms with Crippen molar-refractivity contribution in [2.75, 3.05) is 0 Å². The van der Waals surface area contributed by atoms with Crippen molar-refractivity contribution >= 4 is 12.6 Å². The second kappa shape index (κ2) is 5.82. The Kier molecular flexibility index (Phi) is 4.64. The van der Waals surface area contributed by atoms with Gasteiger partial charge in [-0.2, -0.15) is 0 Å². The molecule has 0 atom stereocenters. The van der Waals surface area contributed by atoms with Crippen LogP contribution in [-0.4, -0.2) is 24.4 Å². The molecular formula is C19H31BO3. The lowest BCUT2D eigenvalue weighted by molar-refractivity contribution is 0.00578. The average molecular weight is 318 g/mol. The molecule has 1 aliphatic heterocycles. The summed E-state index contributed by atoms with van der Waals surface area (Å²) in [6, 6.07) is 6.26. The minimum Gasteiger partial charge on any atom is -0.491 e. The maximum atomic E-state index is 6.18. The first-order chi connectivity index (χ1) is 10.3. The van der Waals surface area contributed by atoms with Gasteiger partial charge in [0.15, 0.2) is 0 Å². The van der Waals surface area contributed by atoms with Crippen LogP contribution in [0.3, 0.4) is 0 Å². The molecule has 0 saturated carbocycles. The Labute approximate surface area is 141 Å². The van der Waals surface area contributed by atoms with Crippen molar-refractivity contribution in [2.45, 2.75) is 85.0 Å². The van der Waals surface area contributed by atoms with E-state index in [4.69, 9.17) is 14.0 Å². The molecule has 1 aromatic carbocycles. The third-order valence-corrected chi connectivity index (χ3v) is 4.70. The van der Waals surface area contributed by atoms with Crippen LogP contribution in [0.2, 0.25) is 0 Å². The van der Waals surface area contributed by atoms with Crippen molar-refractivity contribution < 1.29 is 14.0 Å². The summed E-state index contributed by atoms with van der Waals surface area (Å²) in [6.07, 6.45) is 0.152. The molecule has 3 nitrogen and oxygen atoms in total. The Morgan fingerprint density at radius 2 is 1.52 bits per heavy atom. The molecule has 0 aromatic heterocycles. The van der Waals surface area contributed by atoms with Crippen LogP contribution in [-0.2, 0) is 14.7 Å². The molecular weight excluding hydrogens is 287 g/mol. The minimum atomic E-state index is -0.339. The molecule has 4 heteroatoms. The third-order valence-electron chi connectivity index (χ3n) is 4.70. The van der Waals surface area contributed by atoms with E-state index in [0.717, 1.165) is 11.2 Å². The molecule has 0 aliphatic carbocycles. The lowest BCUT2D eigenvalue weighted by Gasteiger charge is -2.32. The Hall–Kier alpha value is -0.995. The highest BCUT2D eigenvalue weighted by Crippen LogP contribution is 2.37. The van der Waals surface area contributed by atoms with E-state index in [9.17, 15) is 0 Å². The lowest BCUT2D eigenvalue weighted by atomic mass is 9.75. The highest BCUT2D eigenvalue weighted by Gasteiger charge is 2.51. The fourth-order valence-electron chi connectivity index (χ4n) is 2.62. The molecule has 1 aliphatic rings. The van der Waals surface area contributed by atoms with Gasteiger partial charge < -0.3 is 14.0 Å². The number of hydrogen-bond donors (Lipinski definition) is 0. The highest BCUT2D eigenvalue weighted by atomic mass is 16.7. The van der Waals surface area contributed by atoms with Gasteiger partial charge in [-0.3, -0.25) is 0 Å². The smallest absolute Gasteiger partial charge is 0.491 e. The first-order valence-corrected chi connectivity index (χ1v) is 8.50. The Morgan fingerprint density at radius 3 is 1.96 bits per heavy atom. The van der Waals surface area contributed by atoms with Crippen molar-refractivity contribution in [2.24, 2.45) is 0 Å². The largest absolute Gasteiger partial charge is 0.494 e. The van der Waals surface area contributed by atoms with Crippen LogP contribution in [0, 0.1) is 0 Å². The zero-order chi connectivity index (χ0) is 17.6. The maximum Gasteiger partial charge on any atom is 0.494 e. The quantitative estimate of drug-likeness (QED) is 0.786. The number of benzene rings is 1. The number of ether oxygens (including phenoxy) is 1. The van der Waals surface area contributed by atoms with Gasteiger partial charge in [0.25, 0.3) is 0 Å². The fraction of sp³-hybridized carbons (Fsp3) is 0.684. The summed E-state index contributed by atoms with van der Waals surface area (Å²) in [5.74, 6) is 0.938. The summed E-state index contributed by atoms with van der Waals surface area (Å²) in [5.41, 5.74) is 1.56. The van der Waals surface area contributed by atoms with Gasteiger partial charge in [-0.05, 0) is 64.1 Å². The van der Waals surface area contributed by atoms with E-state index in [0.29, 0.717) is 0 Å². The van der Waals surface area contributed by atoms with Gasteiger partial charge in [-0.25, -0.2) is 0 Å². The third kappa shape index (κ3) is 3.75. The van der Waals surface area contributed by atoms with Gasteiger partial charge in [0.1, 0.15) is 5.75 Å². The normalized spacial score (nSPS) is 20.2. The summed E-state index contributed by atoms with van der Waals surface area (Å²) in [7, 11) is -0.339. The SMILES string of the molecule is CC(C)Oc1ccc(B2OC(C)(C)C(C)(C)O2)cc1C(C)(C)C. The van der Waals surface area contributed by atoms with Gasteiger partial charge in [-0.1, -0.05) is 32.9 Å². The molecule has 1 saturated heterocycles. The summed E-state index contributed by atoms with van der Waals surface area (Å²) >= 11 is 0. The molecule has 0 bridgehead atoms. The minimum absolute atomic E-state index is 0.0100. The first kappa shape index (κ1) is 18.3. The lowest BCUT2D eigenvalue weighted by Crippen LogP contribution is -2.41. The number of hydrogen-bond acceptors (Lipinski definition) is 3. The van der Waals surface area contributed by atoms with Gasteiger partial charge in [-0.15, -0.1) is 0 Å². The van der Waals surface area contributed by atoms with Gasteiger partial charge >= 0.3 is 7.12 Å². The van der Waals surface area contributed by atoms with E-state index >= 15 is 0 Å². The molecule has 0 N–H and O–H groups in total. The Bertz CT molecular complexity index is 554. The predicted molar refractivity (Wildman–Crippen MR) is 96.6 cm³/mol. The van der Waals surface area contributed by atoms with Crippen molar-refractivity contribution in [3.63, 3.8) is 0 Å². The topological polar surface area (TPSA) is 27.7 Å². The summed E-state index contributed by atoms with van der Waals surface area (Å²) in [4.78, 5) is 0. The zero-order valence-corrected chi connectivity index (χ0v) is 16.1. The number of rotatable bonds is 3. The highest BCUT2D eigenvalue weighted by molar-refractivity contribution is 6.62. The van der Waals surface area contributed by atoms with Gasteiger partial charge in [0.2, 0.25) is 0 Å². The monoisotopic (exact) mass is 318 g/mol. The van der Waals surface area contributed by atoms with Crippen molar-refractivity contribution in [3.8, 4) is 5.75 Å². The predicted octanol–water partition coefficient (Wildman–Crippen LogP) is 4.07. The van der Waals surface area contributed by atoms with E-state index in [-0.39, 0.29) is 29.8 Å². The molecule has 23 heavy (non-hydrogen) atoms. The van der Waals surface area contributed by atoms with Crippen LogP contribution in [0.5, 0.6) is 5.75 Å². The molecule has 2 rings (SSSR count). The Balaban J connectivity index is 2.39. The van der Waals surface area contributed by atoms with Crippen molar-refractivity contribution in [1.82, 2.24) is 0 Å². The average Bonchev–Trinajstić information content (AvgIpc) is 2.56. The molecule has 128 valence electrons. The van der Waals surface area contributed by atoms with E-state index in [1.807, 2.05) is 6.07 Å². The van der Waals surface area contributed by atoms with Crippen LogP contribution in [0.25, 0.3) is 0 Å². The second-order valence-electron chi connectivity index (χ2n) is 8.76. The van der Waals surface area contributed by atoms with Gasteiger partial charge in [0.05, 0.1) is 17.3 Å². The molecule has 1 fully saturated rings. The Morgan fingerprint density at radius 1 is 1.00 bits per heavy atom. The summed E-state index contributed by atoms with van der Waals surface area (Å²) in [6.45, 7) is 19.0. The summed E-state index contributed by atoms with van der Waals surface area (Å²) in [5, 5.41) is 0. The van der Waals surface area contributed by atoms with Crippen LogP contribution >= 0.6 is 0 Å². The van der Waals surface area contributed by atoms with Crippen molar-refractivity contribution in [3.05, 3.63) is 23.8 Å². The zero-order valence-electron chi connectivity index (χ0n) is 16.1. The molecule has 0 amide bonds. The van der Waals surface area contributed by atoms with E-state index in [1.165, 1.54) is 5.56 Å². The fourth-order valence-corrected chi connectivity index (χ4v) is 2.62. The standard InChI is InChI=1S/C19H31BO3/c1-13(2)21-16-11-10-14(12-15(16)17(3,4)5)20-22-18(6,7)19(8,9)23-20/h10-13H,1-9H3. The van der Waals surface area contributed by atoms with Crippen LogP contribution in [0.1, 0.15) is 67.9 Å². The van der Waals surface area contributed by atoms with Crippen LogP contribution in [0.15, 0.2) is 18.2 Å². The first-order valence-electron chi connectivity index (χ1n) is 8.50. The van der Waals surface area contributed by atoms with Crippen LogP contribution in [0.4, 0.5) is 0 Å². The second-order valence-corrected chi connectivity index (χ2v) is 8.76. The van der Waals surface area contributed by atoms with E-state index in [1.54, 1.807) is 0 Å². The van der Waals surface area contributed by atoms with E-state index in [2.05, 4.69) is 74.4 Å². The molecule has 0 radical (unpaired) electrons.